The van der Waals surface area contributed by atoms with E-state index in [9.17, 15) is 34.2 Å². The van der Waals surface area contributed by atoms with E-state index in [1.165, 1.54) is 4.90 Å². The number of nitrogens with one attached hydrogen (secondary N) is 1. The Kier molecular flexibility index (Phi) is 6.79. The minimum Gasteiger partial charge on any atom is -0.505 e. The molecule has 1 aromatic carbocycles. The van der Waals surface area contributed by atoms with Gasteiger partial charge in [-0.3, -0.25) is 28.9 Å². The van der Waals surface area contributed by atoms with Gasteiger partial charge in [0.15, 0.2) is 34.7 Å². The molecule has 10 heteroatoms. The maximum atomic E-state index is 13.9. The molecule has 0 radical (unpaired) electrons. The first kappa shape index (κ1) is 26.9. The van der Waals surface area contributed by atoms with Crippen molar-refractivity contribution in [3.8, 4) is 5.75 Å². The van der Waals surface area contributed by atoms with Crippen LogP contribution >= 0.6 is 0 Å². The van der Waals surface area contributed by atoms with Gasteiger partial charge in [0.1, 0.15) is 5.75 Å². The number of aromatic hydroxyl groups is 1. The van der Waals surface area contributed by atoms with Crippen molar-refractivity contribution in [1.82, 2.24) is 4.90 Å². The first-order valence-electron chi connectivity index (χ1n) is 12.7. The summed E-state index contributed by atoms with van der Waals surface area (Å²) in [4.78, 5) is 67.8. The summed E-state index contributed by atoms with van der Waals surface area (Å²) in [7, 11) is 3.13. The highest BCUT2D eigenvalue weighted by molar-refractivity contribution is 6.32. The van der Waals surface area contributed by atoms with Crippen molar-refractivity contribution < 1.29 is 34.2 Å². The number of aryl methyl sites for hydroxylation is 1. The van der Waals surface area contributed by atoms with Crippen LogP contribution in [-0.2, 0) is 32.0 Å². The summed E-state index contributed by atoms with van der Waals surface area (Å²) in [6.45, 7) is 6.50. The third-order valence-electron chi connectivity index (χ3n) is 8.24. The van der Waals surface area contributed by atoms with Gasteiger partial charge in [-0.15, -0.1) is 0 Å². The molecule has 10 nitrogen and oxygen atoms in total. The number of benzene rings is 1. The lowest BCUT2D eigenvalue weighted by atomic mass is 9.52. The molecule has 3 aliphatic rings. The number of anilines is 1. The molecule has 0 saturated heterocycles. The van der Waals surface area contributed by atoms with Crippen molar-refractivity contribution in [3.63, 3.8) is 0 Å². The molecule has 0 spiro atoms. The van der Waals surface area contributed by atoms with Crippen LogP contribution in [0.25, 0.3) is 0 Å². The number of primary amides is 1. The van der Waals surface area contributed by atoms with Crippen LogP contribution in [0.15, 0.2) is 6.07 Å². The van der Waals surface area contributed by atoms with Gasteiger partial charge in [0.25, 0.3) is 0 Å². The lowest BCUT2D eigenvalue weighted by Crippen LogP contribution is -2.74. The highest BCUT2D eigenvalue weighted by Crippen LogP contribution is 2.51. The fourth-order valence-corrected chi connectivity index (χ4v) is 6.51. The molecule has 6 atom stereocenters. The minimum absolute atomic E-state index is 0.0252. The number of aliphatic hydroxyl groups is 1. The predicted molar refractivity (Wildman–Crippen MR) is 134 cm³/mol. The number of Topliss-reactive ketones (excluding diaryl/α,β-unsaturated/α-hetero) is 4. The average molecular weight is 514 g/mol. The molecule has 2 fully saturated rings. The molecule has 4 rings (SSSR count). The van der Waals surface area contributed by atoms with E-state index in [4.69, 9.17) is 5.73 Å². The Morgan fingerprint density at radius 2 is 1.86 bits per heavy atom. The number of carbonyl (C=O) groups is 5. The number of phenolic OH excluding ortho intramolecular Hbond substituents is 1. The second-order valence-corrected chi connectivity index (χ2v) is 11.2. The molecule has 0 bridgehead atoms. The summed E-state index contributed by atoms with van der Waals surface area (Å²) in [6, 6.07) is 0.710. The van der Waals surface area contributed by atoms with E-state index in [0.717, 1.165) is 5.56 Å². The van der Waals surface area contributed by atoms with Crippen LogP contribution in [0.2, 0.25) is 0 Å². The molecule has 3 aliphatic carbocycles. The van der Waals surface area contributed by atoms with Gasteiger partial charge in [0.05, 0.1) is 23.2 Å². The number of likely N-dealkylation sites (N-methyl/N-ethyl adjacent to an activating group) is 1. The summed E-state index contributed by atoms with van der Waals surface area (Å²) in [5, 5.41) is 25.9. The number of amides is 1. The van der Waals surface area contributed by atoms with Gasteiger partial charge in [0.2, 0.25) is 5.91 Å². The van der Waals surface area contributed by atoms with Gasteiger partial charge in [-0.1, -0.05) is 20.8 Å². The summed E-state index contributed by atoms with van der Waals surface area (Å²) < 4.78 is 0. The van der Waals surface area contributed by atoms with E-state index in [2.05, 4.69) is 5.32 Å². The Morgan fingerprint density at radius 3 is 2.41 bits per heavy atom. The largest absolute Gasteiger partial charge is 0.505 e. The van der Waals surface area contributed by atoms with E-state index in [-0.39, 0.29) is 30.1 Å². The number of hydrogen-bond donors (Lipinski definition) is 4. The number of rotatable bonds is 6. The molecular weight excluding hydrogens is 478 g/mol. The molecule has 1 aromatic rings. The number of fused-ring (bicyclic) bond motifs is 3. The van der Waals surface area contributed by atoms with Crippen molar-refractivity contribution in [1.29, 1.82) is 0 Å². The smallest absolute Gasteiger partial charge is 0.235 e. The standard InChI is InChI=1S/C27H35N3O7/c1-6-12-9-16(29-10-11(2)3)21(31)18-14(12)7-13-8-15-20(30(4)5)23(33)19(26(28)36)25(35)27(15,37)24(34)17(13)22(18)32/h9,11,13,15,17,19-20,29,31,37H,6-8,10H2,1-5H3,(H2,28,36). The van der Waals surface area contributed by atoms with Crippen LogP contribution in [0, 0.1) is 29.6 Å². The fraction of sp³-hybridized carbons (Fsp3) is 0.593. The third kappa shape index (κ3) is 3.88. The second-order valence-electron chi connectivity index (χ2n) is 11.2. The van der Waals surface area contributed by atoms with Crippen molar-refractivity contribution in [3.05, 3.63) is 22.8 Å². The Labute approximate surface area is 215 Å². The highest BCUT2D eigenvalue weighted by atomic mass is 16.3. The topological polar surface area (TPSA) is 167 Å². The molecule has 0 heterocycles. The highest BCUT2D eigenvalue weighted by Gasteiger charge is 2.69. The maximum Gasteiger partial charge on any atom is 0.235 e. The second kappa shape index (κ2) is 9.33. The number of ketones is 4. The number of nitrogens with two attached hydrogens (primary N) is 1. The molecule has 1 amide bonds. The molecule has 200 valence electrons. The van der Waals surface area contributed by atoms with Crippen molar-refractivity contribution in [2.24, 2.45) is 35.3 Å². The van der Waals surface area contributed by atoms with Crippen molar-refractivity contribution >= 4 is 34.7 Å². The van der Waals surface area contributed by atoms with E-state index in [1.807, 2.05) is 26.8 Å². The van der Waals surface area contributed by atoms with E-state index in [0.29, 0.717) is 24.2 Å². The quantitative estimate of drug-likeness (QED) is 0.313. The molecule has 6 unspecified atom stereocenters. The average Bonchev–Trinajstić information content (AvgIpc) is 2.80. The van der Waals surface area contributed by atoms with Crippen molar-refractivity contribution in [2.45, 2.75) is 51.7 Å². The fourth-order valence-electron chi connectivity index (χ4n) is 6.51. The summed E-state index contributed by atoms with van der Waals surface area (Å²) in [5.74, 6) is -10.0. The number of carbonyl (C=O) groups excluding carboxylic acids is 5. The monoisotopic (exact) mass is 513 g/mol. The Bertz CT molecular complexity index is 1210. The van der Waals surface area contributed by atoms with Gasteiger partial charge in [0, 0.05) is 12.5 Å². The predicted octanol–water partition coefficient (Wildman–Crippen LogP) is 0.497. The lowest BCUT2D eigenvalue weighted by molar-refractivity contribution is -0.181. The first-order chi connectivity index (χ1) is 17.3. The molecule has 37 heavy (non-hydrogen) atoms. The van der Waals surface area contributed by atoms with Gasteiger partial charge >= 0.3 is 0 Å². The number of phenols is 1. The molecule has 2 saturated carbocycles. The zero-order valence-electron chi connectivity index (χ0n) is 21.8. The van der Waals surface area contributed by atoms with E-state index >= 15 is 0 Å². The number of nitrogens with zero attached hydrogens (tertiary/aromatic N) is 1. The summed E-state index contributed by atoms with van der Waals surface area (Å²) in [5.41, 5.74) is 4.54. The Balaban J connectivity index is 1.85. The van der Waals surface area contributed by atoms with E-state index < -0.39 is 64.4 Å². The van der Waals surface area contributed by atoms with Crippen LogP contribution in [0.4, 0.5) is 5.69 Å². The maximum absolute atomic E-state index is 13.9. The Hall–Kier alpha value is -3.11. The van der Waals surface area contributed by atoms with Gasteiger partial charge in [-0.25, -0.2) is 0 Å². The zero-order chi connectivity index (χ0) is 27.6. The molecule has 0 aromatic heterocycles. The van der Waals surface area contributed by atoms with Crippen LogP contribution in [0.5, 0.6) is 5.75 Å². The van der Waals surface area contributed by atoms with Gasteiger partial charge in [-0.2, -0.15) is 0 Å². The van der Waals surface area contributed by atoms with Crippen molar-refractivity contribution in [2.75, 3.05) is 26.0 Å². The zero-order valence-corrected chi connectivity index (χ0v) is 21.8. The third-order valence-corrected chi connectivity index (χ3v) is 8.24. The summed E-state index contributed by atoms with van der Waals surface area (Å²) in [6.07, 6.45) is 0.900. The molecule has 0 aliphatic heterocycles. The summed E-state index contributed by atoms with van der Waals surface area (Å²) >= 11 is 0. The van der Waals surface area contributed by atoms with Crippen LogP contribution in [0.3, 0.4) is 0 Å². The first-order valence-corrected chi connectivity index (χ1v) is 12.7. The minimum atomic E-state index is -2.71. The SMILES string of the molecule is CCc1cc(NCC(C)C)c(O)c2c1CC1CC3C(N(C)C)C(=O)C(C(N)=O)C(=O)C3(O)C(=O)C1C2=O. The lowest BCUT2D eigenvalue weighted by Gasteiger charge is -2.52. The molecular formula is C27H35N3O7. The number of hydrogen-bond acceptors (Lipinski definition) is 9. The molecule has 5 N–H and O–H groups in total. The normalized spacial score (nSPS) is 31.3. The van der Waals surface area contributed by atoms with Gasteiger partial charge in [-0.05, 0) is 62.4 Å². The van der Waals surface area contributed by atoms with E-state index in [1.54, 1.807) is 14.1 Å². The van der Waals surface area contributed by atoms with Gasteiger partial charge < -0.3 is 21.3 Å². The van der Waals surface area contributed by atoms with Crippen LogP contribution in [0.1, 0.15) is 48.7 Å². The Morgan fingerprint density at radius 1 is 1.22 bits per heavy atom. The van der Waals surface area contributed by atoms with Crippen LogP contribution in [-0.4, -0.2) is 76.4 Å². The van der Waals surface area contributed by atoms with Crippen LogP contribution < -0.4 is 11.1 Å².